The topological polar surface area (TPSA) is 140 Å². The van der Waals surface area contributed by atoms with E-state index in [1.165, 1.54) is 12.3 Å². The zero-order chi connectivity index (χ0) is 44.0. The average Bonchev–Trinajstić information content (AvgIpc) is 3.51. The first kappa shape index (κ1) is 45.7. The zero-order valence-corrected chi connectivity index (χ0v) is 37.4. The fraction of sp³-hybridized carbons (Fsp3) is 0.417. The van der Waals surface area contributed by atoms with Crippen LogP contribution < -0.4 is 20.7 Å². The Labute approximate surface area is 359 Å². The maximum atomic E-state index is 14.1. The molecule has 13 heteroatoms. The first-order chi connectivity index (χ1) is 29.2. The molecule has 6 rings (SSSR count). The summed E-state index contributed by atoms with van der Waals surface area (Å²) in [5, 5.41) is 24.4. The second-order valence-corrected chi connectivity index (χ2v) is 22.1. The SMILES string of the molecule is COc1ccc(C(OC[C@@]2(CO[Si](C(C)C)(C(C)C)C(C)C)O[C@@H](n3ccc(=O)n(COCc4ccccc4)c3=O)[C@H](O)[C@@H]2O)(c2ccccc2)c2ccc(OC)cc2)cc1. The summed E-state index contributed by atoms with van der Waals surface area (Å²) < 4.78 is 40.3. The number of nitrogens with zero attached hydrogens (tertiary/aromatic N) is 2. The predicted molar refractivity (Wildman–Crippen MR) is 236 cm³/mol. The Balaban J connectivity index is 1.47. The Morgan fingerprint density at radius 2 is 1.21 bits per heavy atom. The van der Waals surface area contributed by atoms with E-state index >= 15 is 0 Å². The first-order valence-corrected chi connectivity index (χ1v) is 23.0. The molecule has 61 heavy (non-hydrogen) atoms. The predicted octanol–water partition coefficient (Wildman–Crippen LogP) is 7.39. The molecule has 2 heterocycles. The Bertz CT molecular complexity index is 2210. The molecule has 4 atom stereocenters. The normalized spacial score (nSPS) is 19.5. The molecule has 0 spiro atoms. The molecule has 1 aromatic heterocycles. The van der Waals surface area contributed by atoms with Crippen molar-refractivity contribution in [1.82, 2.24) is 9.13 Å². The summed E-state index contributed by atoms with van der Waals surface area (Å²) in [5.41, 5.74) is -0.746. The third-order valence-electron chi connectivity index (χ3n) is 12.2. The van der Waals surface area contributed by atoms with Gasteiger partial charge in [0.15, 0.2) is 14.5 Å². The van der Waals surface area contributed by atoms with Gasteiger partial charge in [0, 0.05) is 12.3 Å². The Hall–Kier alpha value is -4.86. The van der Waals surface area contributed by atoms with Crippen molar-refractivity contribution in [2.45, 2.75) is 101 Å². The van der Waals surface area contributed by atoms with Gasteiger partial charge in [-0.25, -0.2) is 9.36 Å². The van der Waals surface area contributed by atoms with Crippen molar-refractivity contribution in [3.05, 3.63) is 165 Å². The number of hydrogen-bond donors (Lipinski definition) is 2. The summed E-state index contributed by atoms with van der Waals surface area (Å²) in [4.78, 5) is 27.2. The van der Waals surface area contributed by atoms with Gasteiger partial charge in [-0.3, -0.25) is 9.36 Å². The van der Waals surface area contributed by atoms with E-state index in [1.54, 1.807) is 14.2 Å². The molecule has 326 valence electrons. The Morgan fingerprint density at radius 3 is 1.72 bits per heavy atom. The molecule has 1 saturated heterocycles. The number of hydrogen-bond acceptors (Lipinski definition) is 10. The number of aliphatic hydroxyl groups is 2. The summed E-state index contributed by atoms with van der Waals surface area (Å²) in [6, 6.07) is 35.5. The van der Waals surface area contributed by atoms with Gasteiger partial charge >= 0.3 is 5.69 Å². The van der Waals surface area contributed by atoms with Gasteiger partial charge < -0.3 is 38.3 Å². The molecule has 0 bridgehead atoms. The molecule has 1 fully saturated rings. The standard InChI is InChI=1S/C48H60N2O10Si/c1-33(2)61(34(3)4,35(5)6)59-31-47(44(53)43(52)45(60-47)49-28-27-42(51)50(46(49)54)32-57-29-36-15-11-9-12-16-36)30-58-48(37-17-13-10-14-18-37,38-19-23-40(55-7)24-20-38)39-21-25-41(56-8)26-22-39/h9-28,33-35,43-45,52-53H,29-32H2,1-8H3/t43-,44+,45-,47+/m1/s1. The minimum absolute atomic E-state index is 0.160. The molecule has 1 aliphatic heterocycles. The number of rotatable bonds is 19. The van der Waals surface area contributed by atoms with E-state index in [-0.39, 0.29) is 43.2 Å². The van der Waals surface area contributed by atoms with Gasteiger partial charge in [-0.1, -0.05) is 126 Å². The Kier molecular flexibility index (Phi) is 14.6. The third kappa shape index (κ3) is 9.05. The van der Waals surface area contributed by atoms with Crippen LogP contribution in [0.15, 0.2) is 131 Å². The minimum Gasteiger partial charge on any atom is -0.497 e. The van der Waals surface area contributed by atoms with Crippen LogP contribution in [-0.4, -0.2) is 72.9 Å². The van der Waals surface area contributed by atoms with Gasteiger partial charge in [0.1, 0.15) is 41.6 Å². The molecule has 0 aliphatic carbocycles. The monoisotopic (exact) mass is 852 g/mol. The fourth-order valence-corrected chi connectivity index (χ4v) is 14.6. The van der Waals surface area contributed by atoms with Crippen molar-refractivity contribution < 1.29 is 38.3 Å². The van der Waals surface area contributed by atoms with E-state index < -0.39 is 49.2 Å². The van der Waals surface area contributed by atoms with Crippen molar-refractivity contribution in [2.24, 2.45) is 0 Å². The smallest absolute Gasteiger partial charge is 0.335 e. The van der Waals surface area contributed by atoms with Crippen LogP contribution in [0, 0.1) is 0 Å². The maximum Gasteiger partial charge on any atom is 0.335 e. The molecule has 0 unspecified atom stereocenters. The molecule has 0 saturated carbocycles. The van der Waals surface area contributed by atoms with Crippen molar-refractivity contribution in [3.8, 4) is 11.5 Å². The van der Waals surface area contributed by atoms with E-state index in [0.717, 1.165) is 31.4 Å². The summed E-state index contributed by atoms with van der Waals surface area (Å²) in [7, 11) is 0.570. The van der Waals surface area contributed by atoms with Crippen LogP contribution in [0.25, 0.3) is 0 Å². The van der Waals surface area contributed by atoms with Crippen LogP contribution in [0.5, 0.6) is 11.5 Å². The van der Waals surface area contributed by atoms with Gasteiger partial charge in [-0.2, -0.15) is 0 Å². The van der Waals surface area contributed by atoms with Crippen molar-refractivity contribution in [1.29, 1.82) is 0 Å². The minimum atomic E-state index is -2.64. The molecule has 1 aliphatic rings. The van der Waals surface area contributed by atoms with E-state index in [4.69, 9.17) is 28.1 Å². The summed E-state index contributed by atoms with van der Waals surface area (Å²) >= 11 is 0. The van der Waals surface area contributed by atoms with Crippen LogP contribution in [0.1, 0.15) is 70.0 Å². The van der Waals surface area contributed by atoms with E-state index in [0.29, 0.717) is 11.5 Å². The van der Waals surface area contributed by atoms with Gasteiger partial charge in [0.2, 0.25) is 0 Å². The molecule has 2 N–H and O–H groups in total. The molecular weight excluding hydrogens is 793 g/mol. The van der Waals surface area contributed by atoms with Crippen LogP contribution in [-0.2, 0) is 37.6 Å². The number of aliphatic hydroxyl groups excluding tert-OH is 2. The quantitative estimate of drug-likeness (QED) is 0.0639. The highest BCUT2D eigenvalue weighted by Gasteiger charge is 2.59. The summed E-state index contributed by atoms with van der Waals surface area (Å²) in [5.74, 6) is 1.31. The molecule has 0 amide bonds. The van der Waals surface area contributed by atoms with Gasteiger partial charge in [-0.05, 0) is 63.1 Å². The van der Waals surface area contributed by atoms with Crippen LogP contribution in [0.2, 0.25) is 16.6 Å². The highest BCUT2D eigenvalue weighted by atomic mass is 28.4. The maximum absolute atomic E-state index is 14.1. The second kappa shape index (κ2) is 19.5. The van der Waals surface area contributed by atoms with Crippen molar-refractivity contribution in [3.63, 3.8) is 0 Å². The van der Waals surface area contributed by atoms with Gasteiger partial charge in [0.05, 0.1) is 34.0 Å². The molecule has 12 nitrogen and oxygen atoms in total. The van der Waals surface area contributed by atoms with Crippen LogP contribution in [0.3, 0.4) is 0 Å². The van der Waals surface area contributed by atoms with E-state index in [1.807, 2.05) is 109 Å². The van der Waals surface area contributed by atoms with Crippen molar-refractivity contribution >= 4 is 8.32 Å². The summed E-state index contributed by atoms with van der Waals surface area (Å²) in [6.07, 6.45) is -3.41. The lowest BCUT2D eigenvalue weighted by molar-refractivity contribution is -0.176. The number of methoxy groups -OCH3 is 2. The Morgan fingerprint density at radius 1 is 0.705 bits per heavy atom. The van der Waals surface area contributed by atoms with E-state index in [2.05, 4.69) is 41.5 Å². The fourth-order valence-electron chi connectivity index (χ4n) is 9.07. The van der Waals surface area contributed by atoms with Crippen molar-refractivity contribution in [2.75, 3.05) is 27.4 Å². The largest absolute Gasteiger partial charge is 0.497 e. The lowest BCUT2D eigenvalue weighted by atomic mass is 9.79. The number of benzene rings is 4. The lowest BCUT2D eigenvalue weighted by Gasteiger charge is -2.46. The van der Waals surface area contributed by atoms with Gasteiger partial charge in [0.25, 0.3) is 5.56 Å². The molecule has 0 radical (unpaired) electrons. The lowest BCUT2D eigenvalue weighted by Crippen LogP contribution is -2.57. The highest BCUT2D eigenvalue weighted by molar-refractivity contribution is 6.77. The average molecular weight is 853 g/mol. The third-order valence-corrected chi connectivity index (χ3v) is 18.3. The first-order valence-electron chi connectivity index (χ1n) is 20.8. The second-order valence-electron chi connectivity index (χ2n) is 16.6. The molecule has 5 aromatic rings. The number of ether oxygens (including phenoxy) is 5. The summed E-state index contributed by atoms with van der Waals surface area (Å²) in [6.45, 7) is 12.3. The van der Waals surface area contributed by atoms with Gasteiger partial charge in [-0.15, -0.1) is 0 Å². The van der Waals surface area contributed by atoms with E-state index in [9.17, 15) is 19.8 Å². The van der Waals surface area contributed by atoms with Crippen LogP contribution >= 0.6 is 0 Å². The van der Waals surface area contributed by atoms with Crippen LogP contribution in [0.4, 0.5) is 0 Å². The molecular formula is C48H60N2O10Si. The zero-order valence-electron chi connectivity index (χ0n) is 36.4. The highest BCUT2D eigenvalue weighted by Crippen LogP contribution is 2.47. The molecule has 4 aromatic carbocycles. The number of aromatic nitrogens is 2.